The molecule has 2 rings (SSSR count). The van der Waals surface area contributed by atoms with Crippen LogP contribution in [0.4, 0.5) is 0 Å². The lowest BCUT2D eigenvalue weighted by atomic mass is 10.2. The fourth-order valence-electron chi connectivity index (χ4n) is 1.58. The number of benzene rings is 1. The van der Waals surface area contributed by atoms with E-state index >= 15 is 0 Å². The van der Waals surface area contributed by atoms with Crippen molar-refractivity contribution in [2.45, 2.75) is 17.6 Å². The van der Waals surface area contributed by atoms with Crippen molar-refractivity contribution >= 4 is 9.84 Å². The zero-order valence-electron chi connectivity index (χ0n) is 10.1. The van der Waals surface area contributed by atoms with Crippen molar-refractivity contribution in [1.29, 1.82) is 0 Å². The number of hydrogen-bond acceptors (Lipinski definition) is 4. The van der Waals surface area contributed by atoms with E-state index in [9.17, 15) is 18.0 Å². The first-order valence-electron chi connectivity index (χ1n) is 5.49. The van der Waals surface area contributed by atoms with Crippen LogP contribution in [0.3, 0.4) is 0 Å². The van der Waals surface area contributed by atoms with Crippen molar-refractivity contribution in [2.75, 3.05) is 0 Å². The van der Waals surface area contributed by atoms with Gasteiger partial charge in [-0.15, -0.1) is 0 Å². The van der Waals surface area contributed by atoms with Gasteiger partial charge in [0.15, 0.2) is 9.84 Å². The van der Waals surface area contributed by atoms with Gasteiger partial charge in [0.25, 0.3) is 5.56 Å². The Morgan fingerprint density at radius 1 is 1.11 bits per heavy atom. The molecule has 2 N–H and O–H groups in total. The van der Waals surface area contributed by atoms with Gasteiger partial charge in [-0.1, -0.05) is 17.7 Å². The highest BCUT2D eigenvalue weighted by molar-refractivity contribution is 7.90. The number of sulfone groups is 1. The number of nitrogens with one attached hydrogen (secondary N) is 2. The lowest BCUT2D eigenvalue weighted by Crippen LogP contribution is -2.26. The van der Waals surface area contributed by atoms with Crippen molar-refractivity contribution in [1.82, 2.24) is 9.97 Å². The van der Waals surface area contributed by atoms with Gasteiger partial charge in [-0.2, -0.15) is 0 Å². The van der Waals surface area contributed by atoms with Crippen LogP contribution in [0.15, 0.2) is 44.9 Å². The highest BCUT2D eigenvalue weighted by atomic mass is 32.2. The molecule has 1 aromatic carbocycles. The molecule has 0 saturated carbocycles. The highest BCUT2D eigenvalue weighted by Crippen LogP contribution is 2.14. The Morgan fingerprint density at radius 3 is 2.32 bits per heavy atom. The average molecular weight is 280 g/mol. The van der Waals surface area contributed by atoms with Crippen molar-refractivity contribution in [3.63, 3.8) is 0 Å². The van der Waals surface area contributed by atoms with E-state index in [2.05, 4.69) is 4.98 Å². The largest absolute Gasteiger partial charge is 0.325 e. The van der Waals surface area contributed by atoms with Crippen LogP contribution in [-0.2, 0) is 15.6 Å². The minimum atomic E-state index is -3.61. The lowest BCUT2D eigenvalue weighted by Gasteiger charge is -2.04. The summed E-state index contributed by atoms with van der Waals surface area (Å²) >= 11 is 0. The first-order valence-corrected chi connectivity index (χ1v) is 7.14. The fraction of sp³-hybridized carbons (Fsp3) is 0.167. The molecular formula is C12H12N2O4S. The second-order valence-electron chi connectivity index (χ2n) is 4.17. The maximum absolute atomic E-state index is 12.1. The van der Waals surface area contributed by atoms with E-state index in [0.29, 0.717) is 0 Å². The number of rotatable bonds is 3. The maximum atomic E-state index is 12.1. The van der Waals surface area contributed by atoms with Crippen molar-refractivity contribution in [3.8, 4) is 0 Å². The molecule has 2 aromatic rings. The van der Waals surface area contributed by atoms with Crippen LogP contribution in [-0.4, -0.2) is 18.4 Å². The molecule has 0 aliphatic carbocycles. The third-order valence-electron chi connectivity index (χ3n) is 2.62. The van der Waals surface area contributed by atoms with Crippen molar-refractivity contribution in [3.05, 3.63) is 62.4 Å². The number of aromatic amines is 2. The van der Waals surface area contributed by atoms with Gasteiger partial charge in [0.05, 0.1) is 10.6 Å². The Bertz CT molecular complexity index is 801. The average Bonchev–Trinajstić information content (AvgIpc) is 2.33. The van der Waals surface area contributed by atoms with E-state index in [1.807, 2.05) is 11.9 Å². The molecule has 0 atom stereocenters. The van der Waals surface area contributed by atoms with Gasteiger partial charge in [-0.25, -0.2) is 13.2 Å². The van der Waals surface area contributed by atoms with Crippen LogP contribution >= 0.6 is 0 Å². The van der Waals surface area contributed by atoms with Crippen LogP contribution in [0.1, 0.15) is 11.1 Å². The quantitative estimate of drug-likeness (QED) is 0.847. The Balaban J connectivity index is 2.39. The van der Waals surface area contributed by atoms with Crippen molar-refractivity contribution < 1.29 is 8.42 Å². The fourth-order valence-corrected chi connectivity index (χ4v) is 2.92. The molecule has 0 unspecified atom stereocenters. The van der Waals surface area contributed by atoms with Gasteiger partial charge in [-0.05, 0) is 19.1 Å². The van der Waals surface area contributed by atoms with E-state index in [-0.39, 0.29) is 10.5 Å². The zero-order valence-corrected chi connectivity index (χ0v) is 11.0. The number of aromatic nitrogens is 2. The number of H-pyrrole nitrogens is 2. The first-order chi connectivity index (χ1) is 8.88. The van der Waals surface area contributed by atoms with Gasteiger partial charge < -0.3 is 4.98 Å². The van der Waals surface area contributed by atoms with Gasteiger partial charge >= 0.3 is 5.69 Å². The van der Waals surface area contributed by atoms with Crippen LogP contribution in [0, 0.1) is 6.92 Å². The zero-order chi connectivity index (χ0) is 14.0. The maximum Gasteiger partial charge on any atom is 0.325 e. The lowest BCUT2D eigenvalue weighted by molar-refractivity contribution is 0.595. The Hall–Kier alpha value is -2.15. The number of hydrogen-bond donors (Lipinski definition) is 2. The molecule has 7 heteroatoms. The molecule has 0 amide bonds. The summed E-state index contributed by atoms with van der Waals surface area (Å²) in [5.41, 5.74) is -0.415. The molecule has 0 bridgehead atoms. The highest BCUT2D eigenvalue weighted by Gasteiger charge is 2.17. The summed E-state index contributed by atoms with van der Waals surface area (Å²) in [4.78, 5) is 26.7. The summed E-state index contributed by atoms with van der Waals surface area (Å²) < 4.78 is 24.2. The van der Waals surface area contributed by atoms with Crippen LogP contribution in [0.25, 0.3) is 0 Å². The molecule has 1 aromatic heterocycles. The summed E-state index contributed by atoms with van der Waals surface area (Å²) in [6, 6.07) is 6.35. The minimum absolute atomic E-state index is 0.000162. The third-order valence-corrected chi connectivity index (χ3v) is 4.30. The topological polar surface area (TPSA) is 99.9 Å². The van der Waals surface area contributed by atoms with E-state index in [1.165, 1.54) is 12.1 Å². The standard InChI is InChI=1S/C12H12N2O4S/c1-8-2-4-10(5-3-8)19(17,18)7-9-6-13-12(16)14-11(9)15/h2-6H,7H2,1H3,(H2,13,14,15,16). The molecule has 0 fully saturated rings. The summed E-state index contributed by atoms with van der Waals surface area (Å²) in [5, 5.41) is 0. The van der Waals surface area contributed by atoms with E-state index in [0.717, 1.165) is 11.8 Å². The summed E-state index contributed by atoms with van der Waals surface area (Å²) in [7, 11) is -3.61. The van der Waals surface area contributed by atoms with E-state index in [1.54, 1.807) is 12.1 Å². The Kier molecular flexibility index (Phi) is 3.39. The molecule has 1 heterocycles. The second-order valence-corrected chi connectivity index (χ2v) is 6.16. The molecular weight excluding hydrogens is 268 g/mol. The van der Waals surface area contributed by atoms with Crippen LogP contribution in [0.5, 0.6) is 0 Å². The van der Waals surface area contributed by atoms with Gasteiger partial charge in [0.1, 0.15) is 0 Å². The molecule has 100 valence electrons. The van der Waals surface area contributed by atoms with E-state index in [4.69, 9.17) is 0 Å². The number of aryl methyl sites for hydroxylation is 1. The minimum Gasteiger partial charge on any atom is -0.314 e. The molecule has 0 spiro atoms. The van der Waals surface area contributed by atoms with Crippen molar-refractivity contribution in [2.24, 2.45) is 0 Å². The normalized spacial score (nSPS) is 11.4. The smallest absolute Gasteiger partial charge is 0.314 e. The molecule has 6 nitrogen and oxygen atoms in total. The SMILES string of the molecule is Cc1ccc(S(=O)(=O)Cc2c[nH]c(=O)[nH]c2=O)cc1. The van der Waals surface area contributed by atoms with Gasteiger partial charge in [0.2, 0.25) is 0 Å². The molecule has 0 radical (unpaired) electrons. The second kappa shape index (κ2) is 4.85. The molecule has 0 saturated heterocycles. The molecule has 0 aliphatic heterocycles. The van der Waals surface area contributed by atoms with E-state index < -0.39 is 26.8 Å². The van der Waals surface area contributed by atoms with Gasteiger partial charge in [-0.3, -0.25) is 9.78 Å². The molecule has 0 aliphatic rings. The predicted octanol–water partition coefficient (Wildman–Crippen LogP) is 0.346. The monoisotopic (exact) mass is 280 g/mol. The third kappa shape index (κ3) is 3.00. The predicted molar refractivity (Wildman–Crippen MR) is 69.8 cm³/mol. The van der Waals surface area contributed by atoms with Crippen LogP contribution < -0.4 is 11.2 Å². The Labute approximate surface area is 109 Å². The Morgan fingerprint density at radius 2 is 1.74 bits per heavy atom. The van der Waals surface area contributed by atoms with Crippen LogP contribution in [0.2, 0.25) is 0 Å². The van der Waals surface area contributed by atoms with Gasteiger partial charge in [0, 0.05) is 11.8 Å². The summed E-state index contributed by atoms with van der Waals surface area (Å²) in [6.45, 7) is 1.85. The summed E-state index contributed by atoms with van der Waals surface area (Å²) in [5.74, 6) is -0.456. The molecule has 19 heavy (non-hydrogen) atoms. The first kappa shape index (κ1) is 13.3. The summed E-state index contributed by atoms with van der Waals surface area (Å²) in [6.07, 6.45) is 1.12.